The Kier molecular flexibility index (Phi) is 4.71. The number of hydrogen-bond acceptors (Lipinski definition) is 7. The van der Waals surface area contributed by atoms with E-state index in [-0.39, 0.29) is 0 Å². The van der Waals surface area contributed by atoms with Gasteiger partial charge >= 0.3 is 0 Å². The van der Waals surface area contributed by atoms with E-state index in [0.29, 0.717) is 6.54 Å². The van der Waals surface area contributed by atoms with Gasteiger partial charge in [0.15, 0.2) is 0 Å². The van der Waals surface area contributed by atoms with Crippen LogP contribution in [0.3, 0.4) is 0 Å². The molecule has 2 aromatic heterocycles. The number of benzene rings is 1. The SMILES string of the molecule is CN(C)C[C@@H](O)c1cc2n(n1)CCCN(Cc1cccc3nonc13)C2. The molecule has 1 aromatic carbocycles. The summed E-state index contributed by atoms with van der Waals surface area (Å²) < 4.78 is 6.91. The van der Waals surface area contributed by atoms with Gasteiger partial charge in [0.2, 0.25) is 0 Å². The van der Waals surface area contributed by atoms with Crippen LogP contribution in [0.25, 0.3) is 11.0 Å². The Bertz CT molecular complexity index is 887. The van der Waals surface area contributed by atoms with Gasteiger partial charge in [0.05, 0.1) is 11.4 Å². The lowest BCUT2D eigenvalue weighted by Gasteiger charge is -2.19. The fourth-order valence-electron chi connectivity index (χ4n) is 3.52. The maximum atomic E-state index is 10.3. The van der Waals surface area contributed by atoms with Gasteiger partial charge in [0.1, 0.15) is 17.1 Å². The first-order valence-electron chi connectivity index (χ1n) is 8.92. The molecule has 0 fully saturated rings. The number of rotatable bonds is 5. The maximum absolute atomic E-state index is 10.3. The topological polar surface area (TPSA) is 83.5 Å². The van der Waals surface area contributed by atoms with Crippen LogP contribution in [0.2, 0.25) is 0 Å². The van der Waals surface area contributed by atoms with Gasteiger partial charge in [-0.05, 0) is 48.5 Å². The van der Waals surface area contributed by atoms with Crippen molar-refractivity contribution in [2.75, 3.05) is 27.2 Å². The summed E-state index contributed by atoms with van der Waals surface area (Å²) in [6.07, 6.45) is 0.457. The van der Waals surface area contributed by atoms with Gasteiger partial charge in [0.25, 0.3) is 0 Å². The lowest BCUT2D eigenvalue weighted by Crippen LogP contribution is -2.23. The number of aromatic nitrogens is 4. The molecule has 8 heteroatoms. The van der Waals surface area contributed by atoms with Gasteiger partial charge in [-0.3, -0.25) is 9.58 Å². The van der Waals surface area contributed by atoms with E-state index in [2.05, 4.69) is 26.4 Å². The van der Waals surface area contributed by atoms with Crippen LogP contribution in [0.4, 0.5) is 0 Å². The number of aryl methyl sites for hydroxylation is 1. The Hall–Kier alpha value is -2.29. The van der Waals surface area contributed by atoms with Crippen molar-refractivity contribution in [2.24, 2.45) is 0 Å². The van der Waals surface area contributed by atoms with Crippen LogP contribution in [0.5, 0.6) is 0 Å². The van der Waals surface area contributed by atoms with Gasteiger partial charge in [-0.15, -0.1) is 0 Å². The second kappa shape index (κ2) is 7.14. The highest BCUT2D eigenvalue weighted by molar-refractivity contribution is 5.76. The lowest BCUT2D eigenvalue weighted by atomic mass is 10.1. The predicted octanol–water partition coefficient (Wildman–Crippen LogP) is 1.42. The molecular weight excluding hydrogens is 332 g/mol. The summed E-state index contributed by atoms with van der Waals surface area (Å²) in [5.74, 6) is 0. The Morgan fingerprint density at radius 2 is 2.15 bits per heavy atom. The predicted molar refractivity (Wildman–Crippen MR) is 96.3 cm³/mol. The largest absolute Gasteiger partial charge is 0.385 e. The smallest absolute Gasteiger partial charge is 0.139 e. The second-order valence-corrected chi connectivity index (χ2v) is 7.18. The van der Waals surface area contributed by atoms with E-state index in [1.807, 2.05) is 41.9 Å². The highest BCUT2D eigenvalue weighted by atomic mass is 16.6. The summed E-state index contributed by atoms with van der Waals surface area (Å²) in [5, 5.41) is 22.9. The molecule has 26 heavy (non-hydrogen) atoms. The molecule has 0 amide bonds. The zero-order valence-corrected chi connectivity index (χ0v) is 15.2. The van der Waals surface area contributed by atoms with Crippen LogP contribution in [0.1, 0.15) is 29.5 Å². The van der Waals surface area contributed by atoms with E-state index in [1.165, 1.54) is 0 Å². The van der Waals surface area contributed by atoms with Crippen LogP contribution in [-0.2, 0) is 19.6 Å². The summed E-state index contributed by atoms with van der Waals surface area (Å²) in [7, 11) is 3.90. The highest BCUT2D eigenvalue weighted by Gasteiger charge is 2.21. The first kappa shape index (κ1) is 17.1. The Balaban J connectivity index is 1.52. The van der Waals surface area contributed by atoms with Crippen molar-refractivity contribution in [1.29, 1.82) is 0 Å². The minimum atomic E-state index is -0.562. The van der Waals surface area contributed by atoms with E-state index >= 15 is 0 Å². The molecule has 0 radical (unpaired) electrons. The molecule has 138 valence electrons. The Morgan fingerprint density at radius 3 is 3.00 bits per heavy atom. The van der Waals surface area contributed by atoms with Crippen LogP contribution in [-0.4, -0.2) is 62.2 Å². The number of likely N-dealkylation sites (N-methyl/N-ethyl adjacent to an activating group) is 1. The molecular formula is C18H24N6O2. The first-order valence-corrected chi connectivity index (χ1v) is 8.92. The van der Waals surface area contributed by atoms with Crippen molar-refractivity contribution in [2.45, 2.75) is 32.2 Å². The average Bonchev–Trinajstić information content (AvgIpc) is 3.18. The number of nitrogens with zero attached hydrogens (tertiary/aromatic N) is 6. The molecule has 0 unspecified atom stereocenters. The third-order valence-electron chi connectivity index (χ3n) is 4.76. The molecule has 0 saturated heterocycles. The van der Waals surface area contributed by atoms with E-state index in [4.69, 9.17) is 4.63 Å². The van der Waals surface area contributed by atoms with Crippen molar-refractivity contribution in [3.8, 4) is 0 Å². The molecule has 0 aliphatic carbocycles. The standard InChI is InChI=1S/C18H24N6O2/c1-22(2)12-17(25)16-9-14-11-23(7-4-8-24(14)19-16)10-13-5-3-6-15-18(13)21-26-20-15/h3,5-6,9,17,25H,4,7-8,10-12H2,1-2H3/t17-/m1/s1. The molecule has 4 rings (SSSR count). The summed E-state index contributed by atoms with van der Waals surface area (Å²) in [5.41, 5.74) is 4.62. The molecule has 1 aliphatic heterocycles. The van der Waals surface area contributed by atoms with E-state index < -0.39 is 6.10 Å². The van der Waals surface area contributed by atoms with Gasteiger partial charge in [-0.2, -0.15) is 5.10 Å². The molecule has 1 atom stereocenters. The Morgan fingerprint density at radius 1 is 1.27 bits per heavy atom. The summed E-state index contributed by atoms with van der Waals surface area (Å²) >= 11 is 0. The molecule has 1 aliphatic rings. The number of aliphatic hydroxyl groups is 1. The molecule has 0 bridgehead atoms. The Labute approximate surface area is 152 Å². The third-order valence-corrected chi connectivity index (χ3v) is 4.76. The van der Waals surface area contributed by atoms with E-state index in [9.17, 15) is 5.11 Å². The van der Waals surface area contributed by atoms with Gasteiger partial charge in [-0.25, -0.2) is 4.63 Å². The van der Waals surface area contributed by atoms with Crippen LogP contribution in [0, 0.1) is 0 Å². The molecule has 3 aromatic rings. The van der Waals surface area contributed by atoms with Crippen LogP contribution >= 0.6 is 0 Å². The van der Waals surface area contributed by atoms with Crippen molar-refractivity contribution >= 4 is 11.0 Å². The van der Waals surface area contributed by atoms with Gasteiger partial charge in [0, 0.05) is 32.7 Å². The number of fused-ring (bicyclic) bond motifs is 2. The quantitative estimate of drug-likeness (QED) is 0.740. The molecule has 0 saturated carbocycles. The molecule has 1 N–H and O–H groups in total. The summed E-state index contributed by atoms with van der Waals surface area (Å²) in [4.78, 5) is 4.35. The number of aliphatic hydroxyl groups excluding tert-OH is 1. The van der Waals surface area contributed by atoms with Crippen LogP contribution in [0.15, 0.2) is 28.9 Å². The van der Waals surface area contributed by atoms with Gasteiger partial charge in [-0.1, -0.05) is 12.1 Å². The van der Waals surface area contributed by atoms with Gasteiger partial charge < -0.3 is 10.0 Å². The minimum absolute atomic E-state index is 0.562. The van der Waals surface area contributed by atoms with E-state index in [0.717, 1.165) is 60.6 Å². The minimum Gasteiger partial charge on any atom is -0.385 e. The number of hydrogen-bond donors (Lipinski definition) is 1. The van der Waals surface area contributed by atoms with Crippen molar-refractivity contribution in [3.63, 3.8) is 0 Å². The summed E-state index contributed by atoms with van der Waals surface area (Å²) in [6.45, 7) is 4.01. The van der Waals surface area contributed by atoms with Crippen molar-refractivity contribution in [1.82, 2.24) is 29.9 Å². The first-order chi connectivity index (χ1) is 12.6. The highest BCUT2D eigenvalue weighted by Crippen LogP contribution is 2.22. The molecule has 8 nitrogen and oxygen atoms in total. The normalized spacial score (nSPS) is 16.8. The molecule has 3 heterocycles. The lowest BCUT2D eigenvalue weighted by molar-refractivity contribution is 0.133. The van der Waals surface area contributed by atoms with Crippen LogP contribution < -0.4 is 0 Å². The third kappa shape index (κ3) is 3.48. The van der Waals surface area contributed by atoms with E-state index in [1.54, 1.807) is 0 Å². The molecule has 0 spiro atoms. The van der Waals surface area contributed by atoms with Crippen molar-refractivity contribution in [3.05, 3.63) is 41.2 Å². The second-order valence-electron chi connectivity index (χ2n) is 7.18. The fourth-order valence-corrected chi connectivity index (χ4v) is 3.52. The monoisotopic (exact) mass is 356 g/mol. The average molecular weight is 356 g/mol. The zero-order valence-electron chi connectivity index (χ0n) is 15.2. The van der Waals surface area contributed by atoms with Crippen molar-refractivity contribution < 1.29 is 9.74 Å². The maximum Gasteiger partial charge on any atom is 0.139 e. The summed E-state index contributed by atoms with van der Waals surface area (Å²) in [6, 6.07) is 8.00. The fraction of sp³-hybridized carbons (Fsp3) is 0.500. The zero-order chi connectivity index (χ0) is 18.1.